The minimum atomic E-state index is -0.647. The average molecular weight is 408 g/mol. The number of methoxy groups -OCH3 is 2. The minimum absolute atomic E-state index is 0.0457. The van der Waals surface area contributed by atoms with Gasteiger partial charge in [0.25, 0.3) is 11.8 Å². The number of anilines is 1. The smallest absolute Gasteiger partial charge is 0.337 e. The maximum Gasteiger partial charge on any atom is 0.337 e. The standard InChI is InChI=1S/C20H29N3O6/c1-7-23(12-17(25)22-20(2,3)4)11-16(24)21-15-9-13(18(26)28-5)8-14(10-15)19(27)29-6/h8-10H,7,11-12H2,1-6H3,(H,21,24)(H,22,25)/p+1. The summed E-state index contributed by atoms with van der Waals surface area (Å²) >= 11 is 0. The van der Waals surface area contributed by atoms with Crippen LogP contribution in [0.25, 0.3) is 0 Å². The Balaban J connectivity index is 2.89. The molecule has 2 amide bonds. The zero-order valence-electron chi connectivity index (χ0n) is 17.8. The first-order valence-corrected chi connectivity index (χ1v) is 9.25. The van der Waals surface area contributed by atoms with E-state index in [-0.39, 0.29) is 47.3 Å². The van der Waals surface area contributed by atoms with Gasteiger partial charge >= 0.3 is 11.9 Å². The number of quaternary nitrogens is 1. The molecule has 1 aromatic carbocycles. The summed E-state index contributed by atoms with van der Waals surface area (Å²) in [6, 6.07) is 4.15. The van der Waals surface area contributed by atoms with Crippen LogP contribution in [0, 0.1) is 0 Å². The topological polar surface area (TPSA) is 115 Å². The fourth-order valence-corrected chi connectivity index (χ4v) is 2.61. The van der Waals surface area contributed by atoms with Crippen LogP contribution in [0.2, 0.25) is 0 Å². The Morgan fingerprint density at radius 3 is 1.79 bits per heavy atom. The van der Waals surface area contributed by atoms with Crippen LogP contribution < -0.4 is 15.5 Å². The van der Waals surface area contributed by atoms with Gasteiger partial charge in [-0.05, 0) is 45.9 Å². The van der Waals surface area contributed by atoms with E-state index >= 15 is 0 Å². The van der Waals surface area contributed by atoms with E-state index in [1.807, 2.05) is 27.7 Å². The van der Waals surface area contributed by atoms with Crippen LogP contribution in [0.5, 0.6) is 0 Å². The van der Waals surface area contributed by atoms with Gasteiger partial charge in [-0.1, -0.05) is 0 Å². The number of hydrogen-bond donors (Lipinski definition) is 3. The second kappa shape index (κ2) is 10.6. The van der Waals surface area contributed by atoms with Gasteiger partial charge in [0.05, 0.1) is 31.9 Å². The first kappa shape index (κ1) is 24.1. The third-order valence-corrected chi connectivity index (χ3v) is 3.89. The quantitative estimate of drug-likeness (QED) is 0.523. The summed E-state index contributed by atoms with van der Waals surface area (Å²) in [5.74, 6) is -1.80. The molecule has 0 aliphatic carbocycles. The lowest BCUT2D eigenvalue weighted by atomic mass is 10.1. The summed E-state index contributed by atoms with van der Waals surface area (Å²) in [6.45, 7) is 8.30. The van der Waals surface area contributed by atoms with E-state index in [9.17, 15) is 19.2 Å². The molecular weight excluding hydrogens is 378 g/mol. The number of hydrogen-bond acceptors (Lipinski definition) is 6. The van der Waals surface area contributed by atoms with Gasteiger partial charge in [-0.25, -0.2) is 9.59 Å². The summed E-state index contributed by atoms with van der Waals surface area (Å²) in [4.78, 5) is 49.0. The van der Waals surface area contributed by atoms with Crippen molar-refractivity contribution in [2.24, 2.45) is 0 Å². The van der Waals surface area contributed by atoms with E-state index in [2.05, 4.69) is 20.1 Å². The molecule has 0 aliphatic heterocycles. The molecule has 0 bridgehead atoms. The molecule has 29 heavy (non-hydrogen) atoms. The van der Waals surface area contributed by atoms with E-state index in [1.165, 1.54) is 32.4 Å². The number of likely N-dealkylation sites (N-methyl/N-ethyl adjacent to an activating group) is 1. The van der Waals surface area contributed by atoms with E-state index < -0.39 is 11.9 Å². The fraction of sp³-hybridized carbons (Fsp3) is 0.500. The molecule has 0 fully saturated rings. The maximum atomic E-state index is 12.5. The number of nitrogens with one attached hydrogen (secondary N) is 3. The van der Waals surface area contributed by atoms with Gasteiger partial charge in [-0.2, -0.15) is 0 Å². The number of rotatable bonds is 8. The molecule has 0 saturated carbocycles. The normalized spacial score (nSPS) is 11.9. The molecule has 0 radical (unpaired) electrons. The average Bonchev–Trinajstić information content (AvgIpc) is 2.64. The van der Waals surface area contributed by atoms with Crippen LogP contribution in [0.4, 0.5) is 5.69 Å². The Hall–Kier alpha value is -2.94. The van der Waals surface area contributed by atoms with Crippen molar-refractivity contribution in [2.75, 3.05) is 39.2 Å². The van der Waals surface area contributed by atoms with Crippen LogP contribution in [-0.4, -0.2) is 63.1 Å². The largest absolute Gasteiger partial charge is 0.465 e. The van der Waals surface area contributed by atoms with Crippen LogP contribution in [0.15, 0.2) is 18.2 Å². The summed E-state index contributed by atoms with van der Waals surface area (Å²) in [7, 11) is 2.44. The van der Waals surface area contributed by atoms with Gasteiger partial charge in [-0.3, -0.25) is 9.59 Å². The van der Waals surface area contributed by atoms with Crippen molar-refractivity contribution in [1.29, 1.82) is 0 Å². The SMILES string of the molecule is CC[NH+](CC(=O)Nc1cc(C(=O)OC)cc(C(=O)OC)c1)CC(=O)NC(C)(C)C. The molecule has 0 heterocycles. The molecule has 1 unspecified atom stereocenters. The van der Waals surface area contributed by atoms with Crippen molar-refractivity contribution in [3.63, 3.8) is 0 Å². The lowest BCUT2D eigenvalue weighted by molar-refractivity contribution is -0.881. The molecule has 1 rings (SSSR count). The van der Waals surface area contributed by atoms with Gasteiger partial charge in [0.1, 0.15) is 0 Å². The Kier molecular flexibility index (Phi) is 8.78. The highest BCUT2D eigenvalue weighted by Crippen LogP contribution is 2.17. The molecule has 160 valence electrons. The number of benzene rings is 1. The molecule has 0 spiro atoms. The van der Waals surface area contributed by atoms with E-state index in [0.717, 1.165) is 4.90 Å². The number of ether oxygens (including phenoxy) is 2. The summed E-state index contributed by atoms with van der Waals surface area (Å²) in [5, 5.41) is 5.53. The number of carbonyl (C=O) groups is 4. The van der Waals surface area contributed by atoms with Crippen LogP contribution in [0.3, 0.4) is 0 Å². The lowest BCUT2D eigenvalue weighted by Crippen LogP contribution is -3.14. The molecule has 0 aromatic heterocycles. The molecule has 9 heteroatoms. The Morgan fingerprint density at radius 1 is 0.897 bits per heavy atom. The van der Waals surface area contributed by atoms with Crippen molar-refractivity contribution in [3.05, 3.63) is 29.3 Å². The highest BCUT2D eigenvalue weighted by atomic mass is 16.5. The monoisotopic (exact) mass is 408 g/mol. The van der Waals surface area contributed by atoms with Gasteiger partial charge < -0.3 is 25.0 Å². The summed E-state index contributed by atoms with van der Waals surface area (Å²) < 4.78 is 9.36. The summed E-state index contributed by atoms with van der Waals surface area (Å²) in [6.07, 6.45) is 0. The van der Waals surface area contributed by atoms with Crippen molar-refractivity contribution in [1.82, 2.24) is 5.32 Å². The molecular formula is C20H30N3O6+. The molecule has 1 atom stereocenters. The number of esters is 2. The molecule has 9 nitrogen and oxygen atoms in total. The Morgan fingerprint density at radius 2 is 1.38 bits per heavy atom. The third kappa shape index (κ3) is 8.30. The van der Waals surface area contributed by atoms with E-state index in [4.69, 9.17) is 0 Å². The number of amides is 2. The minimum Gasteiger partial charge on any atom is -0.465 e. The van der Waals surface area contributed by atoms with Crippen molar-refractivity contribution in [3.8, 4) is 0 Å². The van der Waals surface area contributed by atoms with Crippen LogP contribution in [-0.2, 0) is 19.1 Å². The molecule has 0 aliphatic rings. The van der Waals surface area contributed by atoms with Crippen molar-refractivity contribution < 1.29 is 33.6 Å². The highest BCUT2D eigenvalue weighted by molar-refractivity contribution is 5.99. The maximum absolute atomic E-state index is 12.5. The zero-order valence-corrected chi connectivity index (χ0v) is 17.8. The van der Waals surface area contributed by atoms with Gasteiger partial charge in [-0.15, -0.1) is 0 Å². The molecule has 1 aromatic rings. The predicted molar refractivity (Wildman–Crippen MR) is 107 cm³/mol. The second-order valence-electron chi connectivity index (χ2n) is 7.59. The summed E-state index contributed by atoms with van der Waals surface area (Å²) in [5.41, 5.74) is 0.120. The van der Waals surface area contributed by atoms with E-state index in [0.29, 0.717) is 6.54 Å². The predicted octanol–water partition coefficient (Wildman–Crippen LogP) is 0.0178. The molecule has 3 N–H and O–H groups in total. The Labute approximate surface area is 170 Å². The highest BCUT2D eigenvalue weighted by Gasteiger charge is 2.21. The molecule has 0 saturated heterocycles. The van der Waals surface area contributed by atoms with Gasteiger partial charge in [0.15, 0.2) is 13.1 Å². The van der Waals surface area contributed by atoms with Crippen LogP contribution >= 0.6 is 0 Å². The third-order valence-electron chi connectivity index (χ3n) is 3.89. The second-order valence-corrected chi connectivity index (χ2v) is 7.59. The van der Waals surface area contributed by atoms with Crippen LogP contribution in [0.1, 0.15) is 48.4 Å². The van der Waals surface area contributed by atoms with Gasteiger partial charge in [0.2, 0.25) is 0 Å². The number of carbonyl (C=O) groups excluding carboxylic acids is 4. The van der Waals surface area contributed by atoms with Crippen molar-refractivity contribution >= 4 is 29.4 Å². The lowest BCUT2D eigenvalue weighted by Gasteiger charge is -2.23. The first-order chi connectivity index (χ1) is 13.5. The first-order valence-electron chi connectivity index (χ1n) is 9.25. The van der Waals surface area contributed by atoms with Crippen molar-refractivity contribution in [2.45, 2.75) is 33.2 Å². The zero-order chi connectivity index (χ0) is 22.2. The Bertz CT molecular complexity index is 736. The van der Waals surface area contributed by atoms with Gasteiger partial charge in [0, 0.05) is 11.2 Å². The van der Waals surface area contributed by atoms with E-state index in [1.54, 1.807) is 0 Å². The fourth-order valence-electron chi connectivity index (χ4n) is 2.61.